The van der Waals surface area contributed by atoms with E-state index in [1.807, 2.05) is 0 Å². The van der Waals surface area contributed by atoms with Gasteiger partial charge in [-0.25, -0.2) is 4.90 Å². The van der Waals surface area contributed by atoms with Gasteiger partial charge in [-0.05, 0) is 12.1 Å². The number of aliphatic hydroxyl groups excluding tert-OH is 2. The molecule has 0 saturated heterocycles. The van der Waals surface area contributed by atoms with Crippen LogP contribution in [0.25, 0.3) is 0 Å². The fraction of sp³-hybridized carbons (Fsp3) is 0.300. The molecule has 1 aliphatic rings. The van der Waals surface area contributed by atoms with Crippen LogP contribution in [0.1, 0.15) is 23.6 Å². The summed E-state index contributed by atoms with van der Waals surface area (Å²) in [6.45, 7) is -0.475. The van der Waals surface area contributed by atoms with Crippen molar-refractivity contribution in [2.24, 2.45) is 0 Å². The molecule has 0 fully saturated rings. The molecule has 2 rings (SSSR count). The van der Waals surface area contributed by atoms with E-state index in [9.17, 15) is 15.0 Å². The van der Waals surface area contributed by atoms with E-state index in [0.29, 0.717) is 11.1 Å². The number of fused-ring (bicyclic) bond motifs is 1. The summed E-state index contributed by atoms with van der Waals surface area (Å²) in [5.74, 6) is -1.14. The maximum Gasteiger partial charge on any atom is 0.317 e. The van der Waals surface area contributed by atoms with Gasteiger partial charge in [0.15, 0.2) is 0 Å². The molecular weight excluding hydrogens is 226 g/mol. The van der Waals surface area contributed by atoms with Crippen LogP contribution in [0.5, 0.6) is 0 Å². The first kappa shape index (κ1) is 11.6. The van der Waals surface area contributed by atoms with Crippen molar-refractivity contribution in [3.63, 3.8) is 0 Å². The smallest absolute Gasteiger partial charge is 0.317 e. The van der Waals surface area contributed by atoms with Crippen LogP contribution in [0.2, 0.25) is 0 Å². The number of nitrogen functional groups attached to an aromatic ring is 2. The Kier molecular flexibility index (Phi) is 2.66. The Bertz CT molecular complexity index is 442. The van der Waals surface area contributed by atoms with Gasteiger partial charge in [0, 0.05) is 11.1 Å². The van der Waals surface area contributed by atoms with Crippen LogP contribution < -0.4 is 11.5 Å². The summed E-state index contributed by atoms with van der Waals surface area (Å²) >= 11 is 0. The van der Waals surface area contributed by atoms with E-state index in [2.05, 4.69) is 0 Å². The lowest BCUT2D eigenvalue weighted by Gasteiger charge is -2.21. The molecule has 0 amide bonds. The van der Waals surface area contributed by atoms with Gasteiger partial charge in [-0.2, -0.15) is 0 Å². The highest BCUT2D eigenvalue weighted by Crippen LogP contribution is 2.41. The van der Waals surface area contributed by atoms with Gasteiger partial charge >= 0.3 is 5.97 Å². The van der Waals surface area contributed by atoms with E-state index >= 15 is 0 Å². The first-order valence-electron chi connectivity index (χ1n) is 4.94. The molecule has 0 saturated carbocycles. The molecule has 92 valence electrons. The van der Waals surface area contributed by atoms with Crippen molar-refractivity contribution in [2.75, 3.05) is 18.0 Å². The second kappa shape index (κ2) is 3.88. The van der Waals surface area contributed by atoms with Crippen LogP contribution in [0.15, 0.2) is 12.1 Å². The highest BCUT2D eigenvalue weighted by molar-refractivity contribution is 5.70. The number of anilines is 2. The van der Waals surface area contributed by atoms with Gasteiger partial charge in [0.1, 0.15) is 19.0 Å². The Morgan fingerprint density at radius 3 is 1.94 bits per heavy atom. The first-order valence-corrected chi connectivity index (χ1v) is 4.94. The minimum atomic E-state index is -1.20. The molecule has 7 nitrogen and oxygen atoms in total. The fourth-order valence-electron chi connectivity index (χ4n) is 1.94. The highest BCUT2D eigenvalue weighted by Gasteiger charge is 2.37. The van der Waals surface area contributed by atoms with Crippen LogP contribution in [0, 0.1) is 0 Å². The third-order valence-corrected chi connectivity index (χ3v) is 2.79. The Labute approximate surface area is 96.9 Å². The summed E-state index contributed by atoms with van der Waals surface area (Å²) in [5.41, 5.74) is 12.5. The van der Waals surface area contributed by atoms with Gasteiger partial charge in [-0.3, -0.25) is 4.79 Å². The van der Waals surface area contributed by atoms with Crippen LogP contribution >= 0.6 is 0 Å². The molecule has 0 radical (unpaired) electrons. The third kappa shape index (κ3) is 1.80. The number of nitrogens with zero attached hydrogens (tertiary/aromatic N) is 1. The Balaban J connectivity index is 2.41. The lowest BCUT2D eigenvalue weighted by atomic mass is 10.1. The molecule has 0 spiro atoms. The zero-order chi connectivity index (χ0) is 12.7. The van der Waals surface area contributed by atoms with Gasteiger partial charge in [0.25, 0.3) is 0 Å². The summed E-state index contributed by atoms with van der Waals surface area (Å²) in [4.78, 5) is 11.7. The average Bonchev–Trinajstić information content (AvgIpc) is 2.45. The second-order valence-corrected chi connectivity index (χ2v) is 3.92. The van der Waals surface area contributed by atoms with Crippen molar-refractivity contribution in [3.8, 4) is 0 Å². The zero-order valence-corrected chi connectivity index (χ0v) is 8.87. The van der Waals surface area contributed by atoms with E-state index in [1.165, 1.54) is 12.1 Å². The number of aliphatic carboxylic acids is 1. The lowest BCUT2D eigenvalue weighted by molar-refractivity contribution is -0.148. The van der Waals surface area contributed by atoms with Crippen molar-refractivity contribution in [2.45, 2.75) is 12.5 Å². The minimum Gasteiger partial charge on any atom is -0.480 e. The lowest BCUT2D eigenvalue weighted by Crippen LogP contribution is -2.31. The molecule has 2 atom stereocenters. The molecule has 1 heterocycles. The molecule has 2 unspecified atom stereocenters. The van der Waals surface area contributed by atoms with E-state index in [1.54, 1.807) is 0 Å². The molecule has 0 aromatic heterocycles. The SMILES string of the molecule is Nc1cc2c(cc1N)C(O)N(CC(=O)O)C2O. The zero-order valence-electron chi connectivity index (χ0n) is 8.87. The van der Waals surface area contributed by atoms with E-state index in [-0.39, 0.29) is 11.4 Å². The van der Waals surface area contributed by atoms with Crippen molar-refractivity contribution in [3.05, 3.63) is 23.3 Å². The predicted octanol–water partition coefficient (Wildman–Crippen LogP) is -0.767. The predicted molar refractivity (Wildman–Crippen MR) is 59.5 cm³/mol. The van der Waals surface area contributed by atoms with Crippen molar-refractivity contribution < 1.29 is 20.1 Å². The quantitative estimate of drug-likeness (QED) is 0.428. The number of benzene rings is 1. The van der Waals surface area contributed by atoms with E-state index in [0.717, 1.165) is 4.90 Å². The topological polar surface area (TPSA) is 133 Å². The van der Waals surface area contributed by atoms with Gasteiger partial charge in [0.05, 0.1) is 11.4 Å². The molecule has 1 aromatic rings. The number of hydrogen-bond donors (Lipinski definition) is 5. The largest absolute Gasteiger partial charge is 0.480 e. The van der Waals surface area contributed by atoms with Gasteiger partial charge < -0.3 is 26.8 Å². The number of nitrogens with two attached hydrogens (primary N) is 2. The Hall–Kier alpha value is -1.83. The molecule has 1 aliphatic heterocycles. The fourth-order valence-corrected chi connectivity index (χ4v) is 1.94. The number of rotatable bonds is 2. The standard InChI is InChI=1S/C10H13N3O4/c11-6-1-4-5(2-7(6)12)10(17)13(9(4)16)3-8(14)15/h1-2,9-10,16-17H,3,11-12H2,(H,14,15). The van der Waals surface area contributed by atoms with E-state index < -0.39 is 25.0 Å². The number of carboxylic acid groups (broad SMARTS) is 1. The normalized spacial score (nSPS) is 23.6. The Morgan fingerprint density at radius 1 is 1.18 bits per heavy atom. The summed E-state index contributed by atoms with van der Waals surface area (Å²) < 4.78 is 0. The number of carboxylic acids is 1. The van der Waals surface area contributed by atoms with Gasteiger partial charge in [-0.1, -0.05) is 0 Å². The number of aliphatic hydroxyl groups is 2. The monoisotopic (exact) mass is 239 g/mol. The molecule has 7 N–H and O–H groups in total. The van der Waals surface area contributed by atoms with Crippen LogP contribution in [0.4, 0.5) is 11.4 Å². The maximum absolute atomic E-state index is 10.6. The van der Waals surface area contributed by atoms with Crippen LogP contribution in [0.3, 0.4) is 0 Å². The van der Waals surface area contributed by atoms with Crippen molar-refractivity contribution in [1.82, 2.24) is 4.90 Å². The third-order valence-electron chi connectivity index (χ3n) is 2.79. The second-order valence-electron chi connectivity index (χ2n) is 3.92. The van der Waals surface area contributed by atoms with Gasteiger partial charge in [-0.15, -0.1) is 0 Å². The highest BCUT2D eigenvalue weighted by atomic mass is 16.4. The van der Waals surface area contributed by atoms with E-state index in [4.69, 9.17) is 16.6 Å². The Morgan fingerprint density at radius 2 is 1.59 bits per heavy atom. The van der Waals surface area contributed by atoms with Crippen molar-refractivity contribution in [1.29, 1.82) is 0 Å². The average molecular weight is 239 g/mol. The molecule has 0 bridgehead atoms. The molecule has 7 heteroatoms. The summed E-state index contributed by atoms with van der Waals surface area (Å²) in [7, 11) is 0. The summed E-state index contributed by atoms with van der Waals surface area (Å²) in [6, 6.07) is 2.89. The van der Waals surface area contributed by atoms with Gasteiger partial charge in [0.2, 0.25) is 0 Å². The minimum absolute atomic E-state index is 0.284. The number of hydrogen-bond acceptors (Lipinski definition) is 6. The molecular formula is C10H13N3O4. The molecule has 0 aliphatic carbocycles. The maximum atomic E-state index is 10.6. The molecule has 17 heavy (non-hydrogen) atoms. The first-order chi connectivity index (χ1) is 7.91. The van der Waals surface area contributed by atoms with Crippen molar-refractivity contribution >= 4 is 17.3 Å². The molecule has 1 aromatic carbocycles. The number of carbonyl (C=O) groups is 1. The summed E-state index contributed by atoms with van der Waals surface area (Å²) in [5, 5.41) is 28.4. The van der Waals surface area contributed by atoms with Crippen LogP contribution in [-0.4, -0.2) is 32.7 Å². The summed E-state index contributed by atoms with van der Waals surface area (Å²) in [6.07, 6.45) is -2.39. The van der Waals surface area contributed by atoms with Crippen LogP contribution in [-0.2, 0) is 4.79 Å².